The Kier molecular flexibility index (Phi) is 4.58. The quantitative estimate of drug-likeness (QED) is 0.735. The molecule has 0 aliphatic heterocycles. The molecule has 0 spiro atoms. The molecule has 2 aromatic rings. The van der Waals surface area contributed by atoms with Gasteiger partial charge in [-0.05, 0) is 36.8 Å². The van der Waals surface area contributed by atoms with Crippen molar-refractivity contribution in [3.8, 4) is 0 Å². The number of nitrogen functional groups attached to an aromatic ring is 1. The van der Waals surface area contributed by atoms with E-state index in [-0.39, 0.29) is 21.5 Å². The summed E-state index contributed by atoms with van der Waals surface area (Å²) in [6.07, 6.45) is 0. The summed E-state index contributed by atoms with van der Waals surface area (Å²) in [6.45, 7) is 1.90. The number of nitrogens with two attached hydrogens (primary N) is 1. The second-order valence-electron chi connectivity index (χ2n) is 4.23. The third-order valence-electron chi connectivity index (χ3n) is 2.81. The molecule has 2 aromatic carbocycles. The Labute approximate surface area is 135 Å². The Bertz CT molecular complexity index is 689. The number of rotatable bonds is 2. The van der Waals surface area contributed by atoms with E-state index in [0.29, 0.717) is 11.4 Å². The molecule has 0 aliphatic rings. The molecule has 0 unspecified atom stereocenters. The third-order valence-corrected chi connectivity index (χ3v) is 4.47. The normalized spacial score (nSPS) is 10.4. The van der Waals surface area contributed by atoms with Gasteiger partial charge in [0.1, 0.15) is 0 Å². The molecule has 0 fully saturated rings. The topological polar surface area (TPSA) is 55.1 Å². The van der Waals surface area contributed by atoms with Crippen molar-refractivity contribution in [3.63, 3.8) is 0 Å². The maximum atomic E-state index is 12.3. The molecule has 104 valence electrons. The molecule has 0 radical (unpaired) electrons. The van der Waals surface area contributed by atoms with Gasteiger partial charge in [-0.25, -0.2) is 0 Å². The van der Waals surface area contributed by atoms with Crippen molar-refractivity contribution >= 4 is 56.4 Å². The van der Waals surface area contributed by atoms with Gasteiger partial charge in [0.05, 0.1) is 15.6 Å². The maximum absolute atomic E-state index is 12.3. The molecule has 3 nitrogen and oxygen atoms in total. The molecular weight excluding hydrogens is 363 g/mol. The Hall–Kier alpha value is -1.23. The first kappa shape index (κ1) is 15.2. The van der Waals surface area contributed by atoms with Crippen molar-refractivity contribution in [2.75, 3.05) is 11.1 Å². The van der Waals surface area contributed by atoms with E-state index >= 15 is 0 Å². The van der Waals surface area contributed by atoms with Gasteiger partial charge in [-0.15, -0.1) is 0 Å². The monoisotopic (exact) mass is 372 g/mol. The van der Waals surface area contributed by atoms with Crippen LogP contribution in [-0.4, -0.2) is 5.91 Å². The van der Waals surface area contributed by atoms with E-state index in [9.17, 15) is 4.79 Å². The largest absolute Gasteiger partial charge is 0.399 e. The van der Waals surface area contributed by atoms with Gasteiger partial charge in [0.2, 0.25) is 0 Å². The fourth-order valence-electron chi connectivity index (χ4n) is 1.71. The van der Waals surface area contributed by atoms with Gasteiger partial charge in [-0.1, -0.05) is 45.2 Å². The molecular formula is C14H11BrCl2N2O. The molecule has 0 bridgehead atoms. The van der Waals surface area contributed by atoms with Crippen molar-refractivity contribution in [1.82, 2.24) is 0 Å². The fourth-order valence-corrected chi connectivity index (χ4v) is 2.50. The van der Waals surface area contributed by atoms with E-state index in [1.807, 2.05) is 19.1 Å². The van der Waals surface area contributed by atoms with Gasteiger partial charge >= 0.3 is 0 Å². The molecule has 0 saturated heterocycles. The van der Waals surface area contributed by atoms with Crippen molar-refractivity contribution in [3.05, 3.63) is 56.0 Å². The molecule has 3 N–H and O–H groups in total. The zero-order valence-electron chi connectivity index (χ0n) is 10.5. The van der Waals surface area contributed by atoms with Crippen LogP contribution in [-0.2, 0) is 0 Å². The van der Waals surface area contributed by atoms with Crippen LogP contribution in [0.4, 0.5) is 11.4 Å². The van der Waals surface area contributed by atoms with Crippen LogP contribution in [0, 0.1) is 6.92 Å². The summed E-state index contributed by atoms with van der Waals surface area (Å²) in [5, 5.41) is 3.23. The summed E-state index contributed by atoms with van der Waals surface area (Å²) in [7, 11) is 0. The second kappa shape index (κ2) is 6.04. The molecule has 2 rings (SSSR count). The van der Waals surface area contributed by atoms with Crippen molar-refractivity contribution in [2.45, 2.75) is 6.92 Å². The second-order valence-corrected chi connectivity index (χ2v) is 5.87. The van der Waals surface area contributed by atoms with Crippen LogP contribution in [0.25, 0.3) is 0 Å². The Morgan fingerprint density at radius 2 is 2.00 bits per heavy atom. The summed E-state index contributed by atoms with van der Waals surface area (Å²) in [5.41, 5.74) is 7.93. The molecule has 0 saturated carbocycles. The van der Waals surface area contributed by atoms with Crippen LogP contribution in [0.1, 0.15) is 15.9 Å². The first-order valence-corrected chi connectivity index (χ1v) is 7.26. The first-order chi connectivity index (χ1) is 9.40. The van der Waals surface area contributed by atoms with Gasteiger partial charge in [-0.3, -0.25) is 4.79 Å². The fraction of sp³-hybridized carbons (Fsp3) is 0.0714. The number of halogens is 3. The highest BCUT2D eigenvalue weighted by molar-refractivity contribution is 9.10. The predicted octanol–water partition coefficient (Wildman–Crippen LogP) is 4.90. The number of nitrogens with one attached hydrogen (secondary N) is 1. The number of hydrogen-bond acceptors (Lipinski definition) is 2. The zero-order chi connectivity index (χ0) is 14.9. The van der Waals surface area contributed by atoms with Crippen LogP contribution >= 0.6 is 39.1 Å². The predicted molar refractivity (Wildman–Crippen MR) is 87.7 cm³/mol. The lowest BCUT2D eigenvalue weighted by atomic mass is 10.1. The van der Waals surface area contributed by atoms with E-state index in [0.717, 1.165) is 10.0 Å². The summed E-state index contributed by atoms with van der Waals surface area (Å²) in [5.74, 6) is -0.356. The van der Waals surface area contributed by atoms with E-state index in [4.69, 9.17) is 28.9 Å². The standard InChI is InChI=1S/C14H11BrCl2N2O/c1-7-10(15)3-2-4-12(7)19-14(20)9-5-8(18)6-11(16)13(9)17/h2-6H,18H2,1H3,(H,19,20). The maximum Gasteiger partial charge on any atom is 0.257 e. The Morgan fingerprint density at radius 1 is 1.30 bits per heavy atom. The average molecular weight is 374 g/mol. The third kappa shape index (κ3) is 3.08. The number of carbonyl (C=O) groups is 1. The van der Waals surface area contributed by atoms with E-state index < -0.39 is 0 Å². The van der Waals surface area contributed by atoms with Gasteiger partial charge in [0.25, 0.3) is 5.91 Å². The highest BCUT2D eigenvalue weighted by Crippen LogP contribution is 2.30. The summed E-state index contributed by atoms with van der Waals surface area (Å²) in [4.78, 5) is 12.3. The molecule has 0 heterocycles. The van der Waals surface area contributed by atoms with Crippen molar-refractivity contribution < 1.29 is 4.79 Å². The Balaban J connectivity index is 2.36. The van der Waals surface area contributed by atoms with Gasteiger partial charge in [0.15, 0.2) is 0 Å². The van der Waals surface area contributed by atoms with Crippen molar-refractivity contribution in [2.24, 2.45) is 0 Å². The minimum absolute atomic E-state index is 0.186. The number of benzene rings is 2. The minimum Gasteiger partial charge on any atom is -0.399 e. The van der Waals surface area contributed by atoms with Gasteiger partial charge in [-0.2, -0.15) is 0 Å². The number of anilines is 2. The highest BCUT2D eigenvalue weighted by atomic mass is 79.9. The molecule has 6 heteroatoms. The number of amides is 1. The summed E-state index contributed by atoms with van der Waals surface area (Å²) < 4.78 is 0.909. The number of carbonyl (C=O) groups excluding carboxylic acids is 1. The van der Waals surface area contributed by atoms with Gasteiger partial charge < -0.3 is 11.1 Å². The molecule has 0 aromatic heterocycles. The van der Waals surface area contributed by atoms with Crippen LogP contribution < -0.4 is 11.1 Å². The lowest BCUT2D eigenvalue weighted by Gasteiger charge is -2.11. The lowest BCUT2D eigenvalue weighted by Crippen LogP contribution is -2.14. The first-order valence-electron chi connectivity index (χ1n) is 5.71. The van der Waals surface area contributed by atoms with Crippen LogP contribution in [0.3, 0.4) is 0 Å². The van der Waals surface area contributed by atoms with Crippen molar-refractivity contribution in [1.29, 1.82) is 0 Å². The molecule has 1 amide bonds. The van der Waals surface area contributed by atoms with Crippen LogP contribution in [0.5, 0.6) is 0 Å². The summed E-state index contributed by atoms with van der Waals surface area (Å²) >= 11 is 15.4. The van der Waals surface area contributed by atoms with E-state index in [2.05, 4.69) is 21.2 Å². The average Bonchev–Trinajstić information content (AvgIpc) is 2.39. The van der Waals surface area contributed by atoms with Crippen LogP contribution in [0.15, 0.2) is 34.8 Å². The highest BCUT2D eigenvalue weighted by Gasteiger charge is 2.15. The number of hydrogen-bond donors (Lipinski definition) is 2. The smallest absolute Gasteiger partial charge is 0.257 e. The van der Waals surface area contributed by atoms with E-state index in [1.54, 1.807) is 6.07 Å². The minimum atomic E-state index is -0.356. The molecule has 0 aliphatic carbocycles. The summed E-state index contributed by atoms with van der Waals surface area (Å²) in [6, 6.07) is 8.54. The van der Waals surface area contributed by atoms with E-state index in [1.165, 1.54) is 12.1 Å². The zero-order valence-corrected chi connectivity index (χ0v) is 13.6. The molecule has 0 atom stereocenters. The van der Waals surface area contributed by atoms with Crippen LogP contribution in [0.2, 0.25) is 10.0 Å². The molecule has 20 heavy (non-hydrogen) atoms. The van der Waals surface area contributed by atoms with Gasteiger partial charge in [0, 0.05) is 15.8 Å². The SMILES string of the molecule is Cc1c(Br)cccc1NC(=O)c1cc(N)cc(Cl)c1Cl. The lowest BCUT2D eigenvalue weighted by molar-refractivity contribution is 0.102. The Morgan fingerprint density at radius 3 is 2.70 bits per heavy atom.